The Bertz CT molecular complexity index is 908. The van der Waals surface area contributed by atoms with Gasteiger partial charge in [0, 0.05) is 11.6 Å². The zero-order valence-corrected chi connectivity index (χ0v) is 16.4. The fourth-order valence-electron chi connectivity index (χ4n) is 2.82. The predicted octanol–water partition coefficient (Wildman–Crippen LogP) is 4.95. The number of nitrogens with zero attached hydrogens (tertiary/aromatic N) is 1. The number of rotatable bonds is 6. The average molecular weight is 376 g/mol. The van der Waals surface area contributed by atoms with Crippen LogP contribution in [0.3, 0.4) is 0 Å². The van der Waals surface area contributed by atoms with E-state index in [-0.39, 0.29) is 22.4 Å². The van der Waals surface area contributed by atoms with Gasteiger partial charge in [-0.05, 0) is 36.0 Å². The maximum absolute atomic E-state index is 12.9. The number of sulfonamides is 1. The van der Waals surface area contributed by atoms with Gasteiger partial charge in [0.2, 0.25) is 0 Å². The Morgan fingerprint density at radius 1 is 1.00 bits per heavy atom. The average Bonchev–Trinajstić information content (AvgIpc) is 2.54. The molecule has 7 heteroatoms. The lowest BCUT2D eigenvalue weighted by atomic mass is 9.93. The van der Waals surface area contributed by atoms with Crippen molar-refractivity contribution in [2.24, 2.45) is 0 Å². The third-order valence-electron chi connectivity index (χ3n) is 4.30. The molecule has 0 bridgehead atoms. The number of nitrogens with one attached hydrogen (secondary N) is 1. The lowest BCUT2D eigenvalue weighted by Crippen LogP contribution is -2.17. The molecule has 0 aliphatic rings. The van der Waals surface area contributed by atoms with Crippen molar-refractivity contribution in [2.45, 2.75) is 51.3 Å². The quantitative estimate of drug-likeness (QED) is 0.570. The first-order chi connectivity index (χ1) is 12.0. The molecule has 2 aromatic rings. The minimum atomic E-state index is -3.95. The monoisotopic (exact) mass is 376 g/mol. The van der Waals surface area contributed by atoms with Gasteiger partial charge in [0.05, 0.1) is 15.5 Å². The van der Waals surface area contributed by atoms with Crippen molar-refractivity contribution in [1.29, 1.82) is 0 Å². The van der Waals surface area contributed by atoms with Crippen LogP contribution >= 0.6 is 0 Å². The van der Waals surface area contributed by atoms with Crippen LogP contribution in [0.15, 0.2) is 41.3 Å². The van der Waals surface area contributed by atoms with Crippen LogP contribution in [0.25, 0.3) is 0 Å². The summed E-state index contributed by atoms with van der Waals surface area (Å²) in [6.45, 7) is 9.55. The van der Waals surface area contributed by atoms with E-state index >= 15 is 0 Å². The van der Waals surface area contributed by atoms with Crippen LogP contribution in [0.4, 0.5) is 11.4 Å². The van der Waals surface area contributed by atoms with Gasteiger partial charge in [-0.3, -0.25) is 14.8 Å². The molecule has 0 spiro atoms. The number of para-hydroxylation sites is 1. The van der Waals surface area contributed by atoms with Crippen LogP contribution in [-0.4, -0.2) is 13.3 Å². The molecule has 0 amide bonds. The Balaban J connectivity index is 2.57. The van der Waals surface area contributed by atoms with Crippen LogP contribution < -0.4 is 4.72 Å². The van der Waals surface area contributed by atoms with Crippen LogP contribution in [-0.2, 0) is 10.0 Å². The molecule has 0 fully saturated rings. The summed E-state index contributed by atoms with van der Waals surface area (Å²) in [4.78, 5) is 10.4. The molecular weight excluding hydrogens is 352 g/mol. The van der Waals surface area contributed by atoms with Gasteiger partial charge in [-0.15, -0.1) is 0 Å². The van der Waals surface area contributed by atoms with Crippen molar-refractivity contribution in [3.63, 3.8) is 0 Å². The van der Waals surface area contributed by atoms with Gasteiger partial charge in [-0.25, -0.2) is 8.42 Å². The van der Waals surface area contributed by atoms with E-state index in [0.29, 0.717) is 11.3 Å². The number of hydrogen-bond donors (Lipinski definition) is 1. The highest BCUT2D eigenvalue weighted by Gasteiger charge is 2.23. The molecule has 0 aliphatic heterocycles. The first-order valence-electron chi connectivity index (χ1n) is 8.45. The van der Waals surface area contributed by atoms with Crippen molar-refractivity contribution >= 4 is 21.4 Å². The third-order valence-corrected chi connectivity index (χ3v) is 5.64. The van der Waals surface area contributed by atoms with Gasteiger partial charge >= 0.3 is 0 Å². The van der Waals surface area contributed by atoms with E-state index in [0.717, 1.165) is 17.2 Å². The van der Waals surface area contributed by atoms with Crippen LogP contribution in [0.2, 0.25) is 0 Å². The highest BCUT2D eigenvalue weighted by molar-refractivity contribution is 7.92. The van der Waals surface area contributed by atoms with E-state index in [4.69, 9.17) is 0 Å². The summed E-state index contributed by atoms with van der Waals surface area (Å²) in [5, 5.41) is 11.1. The second-order valence-electron chi connectivity index (χ2n) is 6.93. The summed E-state index contributed by atoms with van der Waals surface area (Å²) in [6.07, 6.45) is 0. The number of nitro groups is 1. The topological polar surface area (TPSA) is 89.3 Å². The van der Waals surface area contributed by atoms with Crippen molar-refractivity contribution in [3.8, 4) is 0 Å². The van der Waals surface area contributed by atoms with Crippen molar-refractivity contribution in [2.75, 3.05) is 4.72 Å². The number of benzene rings is 2. The molecule has 0 radical (unpaired) electrons. The van der Waals surface area contributed by atoms with Gasteiger partial charge < -0.3 is 0 Å². The molecule has 140 valence electrons. The zero-order chi connectivity index (χ0) is 19.6. The molecule has 2 rings (SSSR count). The van der Waals surface area contributed by atoms with Crippen molar-refractivity contribution < 1.29 is 13.3 Å². The highest BCUT2D eigenvalue weighted by Crippen LogP contribution is 2.34. The van der Waals surface area contributed by atoms with Gasteiger partial charge in [-0.1, -0.05) is 52.0 Å². The Kier molecular flexibility index (Phi) is 5.71. The molecule has 0 saturated heterocycles. The maximum Gasteiger partial charge on any atom is 0.273 e. The first-order valence-corrected chi connectivity index (χ1v) is 9.93. The molecule has 0 aliphatic carbocycles. The molecular formula is C19H24N2O4S. The van der Waals surface area contributed by atoms with Crippen molar-refractivity contribution in [3.05, 3.63) is 63.2 Å². The normalized spacial score (nSPS) is 11.8. The molecule has 0 aromatic heterocycles. The number of nitro benzene ring substituents is 1. The van der Waals surface area contributed by atoms with E-state index in [1.807, 2.05) is 45.9 Å². The van der Waals surface area contributed by atoms with Crippen LogP contribution in [0.5, 0.6) is 0 Å². The number of hydrogen-bond acceptors (Lipinski definition) is 4. The number of anilines is 1. The summed E-state index contributed by atoms with van der Waals surface area (Å²) in [5.41, 5.74) is 2.54. The smallest absolute Gasteiger partial charge is 0.273 e. The Labute approximate surface area is 154 Å². The predicted molar refractivity (Wildman–Crippen MR) is 103 cm³/mol. The minimum absolute atomic E-state index is 0.122. The molecule has 0 saturated carbocycles. The van der Waals surface area contributed by atoms with E-state index in [9.17, 15) is 18.5 Å². The second-order valence-corrected chi connectivity index (χ2v) is 8.61. The molecule has 0 atom stereocenters. The lowest BCUT2D eigenvalue weighted by Gasteiger charge is -2.20. The summed E-state index contributed by atoms with van der Waals surface area (Å²) < 4.78 is 28.5. The lowest BCUT2D eigenvalue weighted by molar-refractivity contribution is -0.385. The molecule has 6 nitrogen and oxygen atoms in total. The van der Waals surface area contributed by atoms with Crippen LogP contribution in [0.1, 0.15) is 56.2 Å². The molecule has 26 heavy (non-hydrogen) atoms. The Hall–Kier alpha value is -2.41. The zero-order valence-electron chi connectivity index (χ0n) is 15.6. The summed E-state index contributed by atoms with van der Waals surface area (Å²) in [5.74, 6) is 0.248. The maximum atomic E-state index is 12.9. The van der Waals surface area contributed by atoms with E-state index < -0.39 is 14.9 Å². The van der Waals surface area contributed by atoms with Crippen LogP contribution in [0, 0.1) is 17.0 Å². The molecule has 2 aromatic carbocycles. The molecule has 0 heterocycles. The summed E-state index contributed by atoms with van der Waals surface area (Å²) >= 11 is 0. The highest BCUT2D eigenvalue weighted by atomic mass is 32.2. The van der Waals surface area contributed by atoms with Gasteiger partial charge in [0.15, 0.2) is 0 Å². The largest absolute Gasteiger partial charge is 0.279 e. The van der Waals surface area contributed by atoms with E-state index in [1.54, 1.807) is 6.92 Å². The van der Waals surface area contributed by atoms with Gasteiger partial charge in [0.1, 0.15) is 0 Å². The third kappa shape index (κ3) is 4.04. The molecule has 0 unspecified atom stereocenters. The minimum Gasteiger partial charge on any atom is -0.279 e. The van der Waals surface area contributed by atoms with Gasteiger partial charge in [-0.2, -0.15) is 0 Å². The van der Waals surface area contributed by atoms with E-state index in [1.165, 1.54) is 12.1 Å². The summed E-state index contributed by atoms with van der Waals surface area (Å²) in [7, 11) is -3.95. The summed E-state index contributed by atoms with van der Waals surface area (Å²) in [6, 6.07) is 9.64. The standard InChI is InChI=1S/C19H24N2O4S/c1-12(2)16-7-6-8-17(13(3)4)19(16)20-26(24,25)15-10-9-14(5)18(11-15)21(22)23/h6-13,20H,1-5H3. The van der Waals surface area contributed by atoms with Gasteiger partial charge in [0.25, 0.3) is 15.7 Å². The SMILES string of the molecule is Cc1ccc(S(=O)(=O)Nc2c(C(C)C)cccc2C(C)C)cc1[N+](=O)[O-]. The first kappa shape index (κ1) is 19.9. The fourth-order valence-corrected chi connectivity index (χ4v) is 3.95. The Morgan fingerprint density at radius 2 is 1.54 bits per heavy atom. The van der Waals surface area contributed by atoms with E-state index in [2.05, 4.69) is 4.72 Å². The Morgan fingerprint density at radius 3 is 2.00 bits per heavy atom. The molecule has 1 N–H and O–H groups in total. The van der Waals surface area contributed by atoms with Crippen molar-refractivity contribution in [1.82, 2.24) is 0 Å². The fraction of sp³-hybridized carbons (Fsp3) is 0.368. The number of aryl methyl sites for hydroxylation is 1. The second kappa shape index (κ2) is 7.45.